The largest absolute Gasteiger partial charge is 0.508 e. The molecule has 1 aromatic rings. The van der Waals surface area contributed by atoms with Gasteiger partial charge in [0.05, 0.1) is 6.61 Å². The van der Waals surface area contributed by atoms with Crippen molar-refractivity contribution < 1.29 is 9.84 Å². The minimum atomic E-state index is 0.159. The van der Waals surface area contributed by atoms with Gasteiger partial charge in [-0.25, -0.2) is 0 Å². The summed E-state index contributed by atoms with van der Waals surface area (Å²) < 4.78 is 5.40. The van der Waals surface area contributed by atoms with E-state index >= 15 is 0 Å². The van der Waals surface area contributed by atoms with E-state index in [9.17, 15) is 5.11 Å². The molecule has 1 saturated heterocycles. The second-order valence-electron chi connectivity index (χ2n) is 4.86. The molecule has 17 heavy (non-hydrogen) atoms. The molecule has 1 fully saturated rings. The van der Waals surface area contributed by atoms with E-state index in [1.165, 1.54) is 0 Å². The molecule has 94 valence electrons. The highest BCUT2D eigenvalue weighted by Crippen LogP contribution is 2.25. The van der Waals surface area contributed by atoms with Gasteiger partial charge in [0.15, 0.2) is 0 Å². The number of ether oxygens (including phenoxy) is 1. The Labute approximate surface area is 103 Å². The van der Waals surface area contributed by atoms with Gasteiger partial charge in [0, 0.05) is 24.3 Å². The Balaban J connectivity index is 1.96. The van der Waals surface area contributed by atoms with Gasteiger partial charge in [-0.3, -0.25) is 0 Å². The molecule has 0 aliphatic carbocycles. The van der Waals surface area contributed by atoms with Crippen molar-refractivity contribution in [1.29, 1.82) is 0 Å². The fourth-order valence-corrected chi connectivity index (χ4v) is 2.42. The molecule has 0 spiro atoms. The van der Waals surface area contributed by atoms with Crippen LogP contribution in [0.25, 0.3) is 0 Å². The lowest BCUT2D eigenvalue weighted by Crippen LogP contribution is -2.35. The molecule has 0 bridgehead atoms. The second-order valence-corrected chi connectivity index (χ2v) is 4.86. The summed E-state index contributed by atoms with van der Waals surface area (Å²) in [5.41, 5.74) is 0.957. The summed E-state index contributed by atoms with van der Waals surface area (Å²) >= 11 is 0. The molecule has 1 aliphatic rings. The van der Waals surface area contributed by atoms with Crippen LogP contribution < -0.4 is 5.32 Å². The molecule has 2 N–H and O–H groups in total. The minimum absolute atomic E-state index is 0.159. The van der Waals surface area contributed by atoms with Crippen molar-refractivity contribution in [2.45, 2.75) is 32.4 Å². The van der Waals surface area contributed by atoms with Crippen LogP contribution in [-0.2, 0) is 4.74 Å². The van der Waals surface area contributed by atoms with E-state index in [1.807, 2.05) is 18.2 Å². The molecule has 2 rings (SSSR count). The Morgan fingerprint density at radius 2 is 2.12 bits per heavy atom. The average molecular weight is 235 g/mol. The molecule has 0 amide bonds. The van der Waals surface area contributed by atoms with E-state index in [0.717, 1.165) is 25.2 Å². The Hall–Kier alpha value is -1.06. The van der Waals surface area contributed by atoms with Gasteiger partial charge in [0.1, 0.15) is 5.75 Å². The Morgan fingerprint density at radius 3 is 2.76 bits per heavy atom. The Kier molecular flexibility index (Phi) is 4.02. The fourth-order valence-electron chi connectivity index (χ4n) is 2.42. The van der Waals surface area contributed by atoms with Crippen LogP contribution in [0.4, 0.5) is 0 Å². The normalized spacial score (nSPS) is 23.5. The van der Waals surface area contributed by atoms with E-state index in [4.69, 9.17) is 4.74 Å². The van der Waals surface area contributed by atoms with Crippen LogP contribution in [0.15, 0.2) is 24.3 Å². The predicted octanol–water partition coefficient (Wildman–Crippen LogP) is 2.47. The van der Waals surface area contributed by atoms with Crippen LogP contribution in [0.2, 0.25) is 0 Å². The maximum absolute atomic E-state index is 9.79. The van der Waals surface area contributed by atoms with Crippen LogP contribution in [0, 0.1) is 5.92 Å². The molecular formula is C14H21NO2. The van der Waals surface area contributed by atoms with Gasteiger partial charge in [0.2, 0.25) is 0 Å². The van der Waals surface area contributed by atoms with Crippen LogP contribution in [-0.4, -0.2) is 24.4 Å². The highest BCUT2D eigenvalue weighted by Gasteiger charge is 2.23. The highest BCUT2D eigenvalue weighted by atomic mass is 16.5. The van der Waals surface area contributed by atoms with E-state index in [2.05, 4.69) is 19.2 Å². The summed E-state index contributed by atoms with van der Waals surface area (Å²) in [6.45, 7) is 6.00. The van der Waals surface area contributed by atoms with Crippen molar-refractivity contribution in [3.63, 3.8) is 0 Å². The smallest absolute Gasteiger partial charge is 0.120 e. The molecule has 1 aromatic carbocycles. The molecule has 1 aliphatic heterocycles. The predicted molar refractivity (Wildman–Crippen MR) is 68.0 cm³/mol. The van der Waals surface area contributed by atoms with Gasteiger partial charge >= 0.3 is 0 Å². The third-order valence-electron chi connectivity index (χ3n) is 3.59. The van der Waals surface area contributed by atoms with Gasteiger partial charge in [-0.1, -0.05) is 18.2 Å². The summed E-state index contributed by atoms with van der Waals surface area (Å²) in [7, 11) is 0. The summed E-state index contributed by atoms with van der Waals surface area (Å²) in [5, 5.41) is 13.3. The third kappa shape index (κ3) is 2.99. The second kappa shape index (κ2) is 5.52. The lowest BCUT2D eigenvalue weighted by Gasteiger charge is -2.24. The first-order valence-electron chi connectivity index (χ1n) is 6.30. The number of hydrogen-bond acceptors (Lipinski definition) is 3. The van der Waals surface area contributed by atoms with Crippen molar-refractivity contribution in [2.75, 3.05) is 13.2 Å². The summed E-state index contributed by atoms with van der Waals surface area (Å²) in [4.78, 5) is 0. The van der Waals surface area contributed by atoms with Crippen molar-refractivity contribution in [1.82, 2.24) is 5.32 Å². The van der Waals surface area contributed by atoms with E-state index in [0.29, 0.717) is 17.7 Å². The zero-order valence-electron chi connectivity index (χ0n) is 10.5. The molecule has 0 radical (unpaired) electrons. The average Bonchev–Trinajstić information content (AvgIpc) is 2.82. The monoisotopic (exact) mass is 235 g/mol. The number of aromatic hydroxyl groups is 1. The SMILES string of the molecule is CC(NC(C)C1CCOC1)c1ccccc1O. The van der Waals surface area contributed by atoms with Crippen LogP contribution in [0.1, 0.15) is 31.9 Å². The number of nitrogens with one attached hydrogen (secondary N) is 1. The molecule has 3 atom stereocenters. The van der Waals surface area contributed by atoms with Crippen LogP contribution in [0.3, 0.4) is 0 Å². The molecule has 3 heteroatoms. The highest BCUT2D eigenvalue weighted by molar-refractivity contribution is 5.34. The summed E-state index contributed by atoms with van der Waals surface area (Å²) in [5.74, 6) is 0.950. The molecule has 0 aromatic heterocycles. The van der Waals surface area contributed by atoms with Crippen LogP contribution >= 0.6 is 0 Å². The topological polar surface area (TPSA) is 41.5 Å². The van der Waals surface area contributed by atoms with Gasteiger partial charge in [-0.15, -0.1) is 0 Å². The molecule has 0 saturated carbocycles. The first-order chi connectivity index (χ1) is 8.18. The standard InChI is InChI=1S/C14H21NO2/c1-10(12-7-8-17-9-12)15-11(2)13-5-3-4-6-14(13)16/h3-6,10-12,15-16H,7-9H2,1-2H3. The maximum Gasteiger partial charge on any atom is 0.120 e. The number of para-hydroxylation sites is 1. The van der Waals surface area contributed by atoms with Crippen molar-refractivity contribution in [3.8, 4) is 5.75 Å². The molecule has 3 nitrogen and oxygen atoms in total. The molecular weight excluding hydrogens is 214 g/mol. The third-order valence-corrected chi connectivity index (χ3v) is 3.59. The summed E-state index contributed by atoms with van der Waals surface area (Å²) in [6, 6.07) is 8.07. The summed E-state index contributed by atoms with van der Waals surface area (Å²) in [6.07, 6.45) is 1.13. The first-order valence-corrected chi connectivity index (χ1v) is 6.30. The molecule has 3 unspecified atom stereocenters. The number of phenols is 1. The number of rotatable bonds is 4. The zero-order valence-corrected chi connectivity index (χ0v) is 10.5. The minimum Gasteiger partial charge on any atom is -0.508 e. The number of hydrogen-bond donors (Lipinski definition) is 2. The van der Waals surface area contributed by atoms with E-state index in [-0.39, 0.29) is 6.04 Å². The first kappa shape index (κ1) is 12.4. The number of benzene rings is 1. The van der Waals surface area contributed by atoms with Crippen LogP contribution in [0.5, 0.6) is 5.75 Å². The lowest BCUT2D eigenvalue weighted by atomic mass is 9.98. The van der Waals surface area contributed by atoms with Gasteiger partial charge in [-0.2, -0.15) is 0 Å². The van der Waals surface area contributed by atoms with E-state index < -0.39 is 0 Å². The fraction of sp³-hybridized carbons (Fsp3) is 0.571. The van der Waals surface area contributed by atoms with Crippen molar-refractivity contribution >= 4 is 0 Å². The molecule has 1 heterocycles. The van der Waals surface area contributed by atoms with E-state index in [1.54, 1.807) is 6.07 Å². The van der Waals surface area contributed by atoms with Gasteiger partial charge in [-0.05, 0) is 32.3 Å². The number of phenolic OH excluding ortho intramolecular Hbond substituents is 1. The quantitative estimate of drug-likeness (QED) is 0.842. The Morgan fingerprint density at radius 1 is 1.35 bits per heavy atom. The lowest BCUT2D eigenvalue weighted by molar-refractivity contribution is 0.177. The Bertz CT molecular complexity index is 361. The zero-order chi connectivity index (χ0) is 12.3. The maximum atomic E-state index is 9.79. The van der Waals surface area contributed by atoms with Crippen molar-refractivity contribution in [2.24, 2.45) is 5.92 Å². The van der Waals surface area contributed by atoms with Gasteiger partial charge < -0.3 is 15.2 Å². The van der Waals surface area contributed by atoms with Gasteiger partial charge in [0.25, 0.3) is 0 Å². The van der Waals surface area contributed by atoms with Crippen molar-refractivity contribution in [3.05, 3.63) is 29.8 Å².